The Hall–Kier alpha value is -2.66. The second kappa shape index (κ2) is 7.56. The zero-order valence-corrected chi connectivity index (χ0v) is 13.1. The molecule has 0 heterocycles. The lowest BCUT2D eigenvalue weighted by atomic mass is 10.1. The van der Waals surface area contributed by atoms with Gasteiger partial charge in [-0.1, -0.05) is 35.9 Å². The Kier molecular flexibility index (Phi) is 5.49. The molecule has 118 valence electrons. The van der Waals surface area contributed by atoms with Crippen LogP contribution in [0.5, 0.6) is 0 Å². The normalized spacial score (nSPS) is 12.1. The van der Waals surface area contributed by atoms with Gasteiger partial charge in [-0.2, -0.15) is 0 Å². The smallest absolute Gasteiger partial charge is 0.331 e. The summed E-state index contributed by atoms with van der Waals surface area (Å²) in [5, 5.41) is 11.6. The van der Waals surface area contributed by atoms with Crippen molar-refractivity contribution >= 4 is 29.3 Å². The number of nitro benzene ring substituents is 1. The minimum absolute atomic E-state index is 0.0746. The number of carbonyl (C=O) groups excluding carboxylic acids is 1. The second-order valence-electron chi connectivity index (χ2n) is 4.78. The summed E-state index contributed by atoms with van der Waals surface area (Å²) >= 11 is 5.78. The molecule has 6 heteroatoms. The first-order valence-corrected chi connectivity index (χ1v) is 7.23. The molecule has 5 nitrogen and oxygen atoms in total. The molecule has 0 bridgehead atoms. The van der Waals surface area contributed by atoms with Gasteiger partial charge in [0, 0.05) is 17.2 Å². The summed E-state index contributed by atoms with van der Waals surface area (Å²) in [6.07, 6.45) is 2.14. The van der Waals surface area contributed by atoms with Crippen molar-refractivity contribution in [3.8, 4) is 0 Å². The first-order chi connectivity index (χ1) is 11.0. The van der Waals surface area contributed by atoms with Crippen LogP contribution in [0.25, 0.3) is 6.08 Å². The van der Waals surface area contributed by atoms with E-state index in [0.29, 0.717) is 10.6 Å². The first kappa shape index (κ1) is 16.7. The molecule has 0 N–H and O–H groups in total. The fraction of sp³-hybridized carbons (Fsp3) is 0.118. The average molecular weight is 332 g/mol. The van der Waals surface area contributed by atoms with E-state index in [4.69, 9.17) is 16.3 Å². The second-order valence-corrected chi connectivity index (χ2v) is 5.22. The Balaban J connectivity index is 2.05. The first-order valence-electron chi connectivity index (χ1n) is 6.85. The van der Waals surface area contributed by atoms with Crippen LogP contribution in [0.1, 0.15) is 24.2 Å². The summed E-state index contributed by atoms with van der Waals surface area (Å²) in [7, 11) is 0. The fourth-order valence-electron chi connectivity index (χ4n) is 2.01. The maximum Gasteiger partial charge on any atom is 0.331 e. The molecule has 23 heavy (non-hydrogen) atoms. The lowest BCUT2D eigenvalue weighted by molar-refractivity contribution is -0.386. The van der Waals surface area contributed by atoms with E-state index in [2.05, 4.69) is 0 Å². The molecule has 0 aliphatic carbocycles. The molecule has 0 radical (unpaired) electrons. The Morgan fingerprint density at radius 1 is 1.22 bits per heavy atom. The van der Waals surface area contributed by atoms with Gasteiger partial charge in [-0.05, 0) is 36.8 Å². The van der Waals surface area contributed by atoms with Crippen molar-refractivity contribution in [2.24, 2.45) is 0 Å². The molecule has 0 fully saturated rings. The quantitative estimate of drug-likeness (QED) is 0.348. The summed E-state index contributed by atoms with van der Waals surface area (Å²) in [4.78, 5) is 22.3. The van der Waals surface area contributed by atoms with Gasteiger partial charge in [0.1, 0.15) is 6.10 Å². The minimum atomic E-state index is -0.723. The number of esters is 1. The number of benzene rings is 2. The fourth-order valence-corrected chi connectivity index (χ4v) is 2.14. The molecule has 0 amide bonds. The highest BCUT2D eigenvalue weighted by Crippen LogP contribution is 2.27. The highest BCUT2D eigenvalue weighted by atomic mass is 35.5. The van der Waals surface area contributed by atoms with Crippen LogP contribution in [-0.4, -0.2) is 10.9 Å². The largest absolute Gasteiger partial charge is 0.454 e. The van der Waals surface area contributed by atoms with Gasteiger partial charge in [-0.15, -0.1) is 0 Å². The van der Waals surface area contributed by atoms with Crippen LogP contribution in [0.15, 0.2) is 54.6 Å². The monoisotopic (exact) mass is 331 g/mol. The average Bonchev–Trinajstić information content (AvgIpc) is 2.54. The molecule has 0 spiro atoms. The highest BCUT2D eigenvalue weighted by molar-refractivity contribution is 6.30. The van der Waals surface area contributed by atoms with Crippen LogP contribution in [0.2, 0.25) is 5.02 Å². The van der Waals surface area contributed by atoms with Crippen LogP contribution in [-0.2, 0) is 9.53 Å². The van der Waals surface area contributed by atoms with Crippen molar-refractivity contribution in [1.29, 1.82) is 0 Å². The number of para-hydroxylation sites is 1. The number of hydrogen-bond acceptors (Lipinski definition) is 4. The number of rotatable bonds is 5. The molecular formula is C17H14ClNO4. The van der Waals surface area contributed by atoms with Crippen LogP contribution in [0.3, 0.4) is 0 Å². The van der Waals surface area contributed by atoms with Gasteiger partial charge >= 0.3 is 5.97 Å². The van der Waals surface area contributed by atoms with Crippen molar-refractivity contribution in [2.45, 2.75) is 13.0 Å². The highest BCUT2D eigenvalue weighted by Gasteiger charge is 2.20. The molecule has 1 unspecified atom stereocenters. The standard InChI is InChI=1S/C17H14ClNO4/c1-12(15-4-2-3-5-16(15)19(21)22)23-17(20)11-8-13-6-9-14(18)10-7-13/h2-12H,1H3. The molecule has 0 saturated carbocycles. The molecule has 1 atom stereocenters. The van der Waals surface area contributed by atoms with Crippen molar-refractivity contribution in [3.05, 3.63) is 80.9 Å². The van der Waals surface area contributed by atoms with E-state index in [1.807, 2.05) is 0 Å². The van der Waals surface area contributed by atoms with Crippen LogP contribution < -0.4 is 0 Å². The number of ether oxygens (including phenoxy) is 1. The van der Waals surface area contributed by atoms with Crippen molar-refractivity contribution in [2.75, 3.05) is 0 Å². The Bertz CT molecular complexity index is 741. The van der Waals surface area contributed by atoms with E-state index in [-0.39, 0.29) is 5.69 Å². The van der Waals surface area contributed by atoms with Gasteiger partial charge < -0.3 is 4.74 Å². The third-order valence-corrected chi connectivity index (χ3v) is 3.40. The molecule has 2 aromatic carbocycles. The Morgan fingerprint density at radius 3 is 2.52 bits per heavy atom. The van der Waals surface area contributed by atoms with Gasteiger partial charge in [-0.25, -0.2) is 4.79 Å². The van der Waals surface area contributed by atoms with E-state index < -0.39 is 17.0 Å². The minimum Gasteiger partial charge on any atom is -0.454 e. The summed E-state index contributed by atoms with van der Waals surface area (Å²) in [5.41, 5.74) is 1.07. The molecule has 2 rings (SSSR count). The number of nitrogens with zero attached hydrogens (tertiary/aromatic N) is 1. The molecular weight excluding hydrogens is 318 g/mol. The number of carbonyl (C=O) groups is 1. The van der Waals surface area contributed by atoms with E-state index in [0.717, 1.165) is 5.56 Å². The van der Waals surface area contributed by atoms with Gasteiger partial charge in [-0.3, -0.25) is 10.1 Å². The van der Waals surface area contributed by atoms with Crippen LogP contribution in [0, 0.1) is 10.1 Å². The van der Waals surface area contributed by atoms with Gasteiger partial charge in [0.15, 0.2) is 0 Å². The van der Waals surface area contributed by atoms with E-state index >= 15 is 0 Å². The molecule has 2 aromatic rings. The zero-order valence-electron chi connectivity index (χ0n) is 12.3. The summed E-state index contributed by atoms with van der Waals surface area (Å²) in [5.74, 6) is -0.578. The van der Waals surface area contributed by atoms with E-state index in [9.17, 15) is 14.9 Å². The van der Waals surface area contributed by atoms with E-state index in [1.54, 1.807) is 55.5 Å². The lowest BCUT2D eigenvalue weighted by Gasteiger charge is -2.12. The van der Waals surface area contributed by atoms with Crippen LogP contribution >= 0.6 is 11.6 Å². The van der Waals surface area contributed by atoms with Gasteiger partial charge in [0.05, 0.1) is 10.5 Å². The Morgan fingerprint density at radius 2 is 1.87 bits per heavy atom. The predicted molar refractivity (Wildman–Crippen MR) is 88.1 cm³/mol. The molecule has 0 aromatic heterocycles. The van der Waals surface area contributed by atoms with Crippen molar-refractivity contribution < 1.29 is 14.5 Å². The number of halogens is 1. The summed E-state index contributed by atoms with van der Waals surface area (Å²) in [6.45, 7) is 1.59. The lowest BCUT2D eigenvalue weighted by Crippen LogP contribution is -2.08. The molecule has 0 aliphatic rings. The third-order valence-electron chi connectivity index (χ3n) is 3.15. The van der Waals surface area contributed by atoms with Crippen molar-refractivity contribution in [3.63, 3.8) is 0 Å². The molecule has 0 aliphatic heterocycles. The number of hydrogen-bond donors (Lipinski definition) is 0. The van der Waals surface area contributed by atoms with Crippen LogP contribution in [0.4, 0.5) is 5.69 Å². The maximum atomic E-state index is 11.8. The zero-order chi connectivity index (χ0) is 16.8. The topological polar surface area (TPSA) is 69.4 Å². The molecule has 0 saturated heterocycles. The number of nitro groups is 1. The predicted octanol–water partition coefficient (Wildman–Crippen LogP) is 4.57. The van der Waals surface area contributed by atoms with Crippen molar-refractivity contribution in [1.82, 2.24) is 0 Å². The van der Waals surface area contributed by atoms with Gasteiger partial charge in [0.2, 0.25) is 0 Å². The van der Waals surface area contributed by atoms with E-state index in [1.165, 1.54) is 12.1 Å². The SMILES string of the molecule is CC(OC(=O)C=Cc1ccc(Cl)cc1)c1ccccc1[N+](=O)[O-]. The Labute approximate surface area is 138 Å². The summed E-state index contributed by atoms with van der Waals surface area (Å²) < 4.78 is 5.22. The third kappa shape index (κ3) is 4.66. The summed E-state index contributed by atoms with van der Waals surface area (Å²) in [6, 6.07) is 13.1. The van der Waals surface area contributed by atoms with Gasteiger partial charge in [0.25, 0.3) is 5.69 Å². The maximum absolute atomic E-state index is 11.8.